The number of carbonyl (C=O) groups excluding carboxylic acids is 1. The molecular weight excluding hydrogens is 310 g/mol. The van der Waals surface area contributed by atoms with Crippen LogP contribution in [0.15, 0.2) is 60.2 Å². The lowest BCUT2D eigenvalue weighted by Gasteiger charge is -2.50. The Labute approximate surface area is 148 Å². The number of likely N-dealkylation sites (N-methyl/N-ethyl adjacent to an activating group) is 1. The Hall–Kier alpha value is -2.39. The van der Waals surface area contributed by atoms with Gasteiger partial charge in [-0.15, -0.1) is 0 Å². The van der Waals surface area contributed by atoms with E-state index in [0.29, 0.717) is 6.42 Å². The number of benzene rings is 2. The summed E-state index contributed by atoms with van der Waals surface area (Å²) in [6.07, 6.45) is 4.46. The van der Waals surface area contributed by atoms with Gasteiger partial charge in [-0.2, -0.15) is 0 Å². The molecule has 0 spiro atoms. The van der Waals surface area contributed by atoms with Crippen LogP contribution in [0.4, 0.5) is 0 Å². The van der Waals surface area contributed by atoms with E-state index in [4.69, 9.17) is 0 Å². The van der Waals surface area contributed by atoms with Gasteiger partial charge in [-0.1, -0.05) is 42.5 Å². The Kier molecular flexibility index (Phi) is 3.97. The molecule has 0 unspecified atom stereocenters. The quantitative estimate of drug-likeness (QED) is 0.850. The van der Waals surface area contributed by atoms with Crippen LogP contribution < -0.4 is 0 Å². The number of phenolic OH excluding ortho intramolecular Hbond substituents is 1. The lowest BCUT2D eigenvalue weighted by atomic mass is 9.61. The first-order valence-electron chi connectivity index (χ1n) is 8.87. The zero-order chi connectivity index (χ0) is 17.4. The second kappa shape index (κ2) is 6.16. The van der Waals surface area contributed by atoms with Gasteiger partial charge in [-0.05, 0) is 55.8 Å². The van der Waals surface area contributed by atoms with Crippen molar-refractivity contribution < 1.29 is 9.90 Å². The van der Waals surface area contributed by atoms with Crippen LogP contribution in [0.2, 0.25) is 0 Å². The van der Waals surface area contributed by atoms with Gasteiger partial charge in [-0.3, -0.25) is 9.69 Å². The fourth-order valence-electron chi connectivity index (χ4n) is 4.38. The molecule has 2 aliphatic rings. The van der Waals surface area contributed by atoms with E-state index >= 15 is 0 Å². The third-order valence-electron chi connectivity index (χ3n) is 5.82. The average Bonchev–Trinajstić information content (AvgIpc) is 2.62. The topological polar surface area (TPSA) is 40.5 Å². The number of rotatable bonds is 2. The maximum Gasteiger partial charge on any atom is 0.161 e. The van der Waals surface area contributed by atoms with Crippen molar-refractivity contribution in [1.29, 1.82) is 0 Å². The number of piperidine rings is 1. The molecule has 128 valence electrons. The zero-order valence-corrected chi connectivity index (χ0v) is 14.5. The minimum atomic E-state index is -0.152. The number of hydrogen-bond donors (Lipinski definition) is 1. The van der Waals surface area contributed by atoms with Crippen molar-refractivity contribution in [3.8, 4) is 5.75 Å². The largest absolute Gasteiger partial charge is 0.508 e. The molecule has 1 aliphatic heterocycles. The monoisotopic (exact) mass is 333 g/mol. The van der Waals surface area contributed by atoms with E-state index in [9.17, 15) is 9.90 Å². The number of nitrogens with zero attached hydrogens (tertiary/aromatic N) is 1. The van der Waals surface area contributed by atoms with Crippen LogP contribution in [0.25, 0.3) is 6.08 Å². The number of likely N-dealkylation sites (tertiary alicyclic amines) is 1. The minimum Gasteiger partial charge on any atom is -0.508 e. The molecule has 1 saturated carbocycles. The fourth-order valence-corrected chi connectivity index (χ4v) is 4.38. The molecule has 0 amide bonds. The van der Waals surface area contributed by atoms with Crippen molar-refractivity contribution in [2.24, 2.45) is 0 Å². The van der Waals surface area contributed by atoms with Gasteiger partial charge in [0.25, 0.3) is 0 Å². The maximum atomic E-state index is 13.1. The highest BCUT2D eigenvalue weighted by atomic mass is 16.3. The minimum absolute atomic E-state index is 0.137. The lowest BCUT2D eigenvalue weighted by Crippen LogP contribution is -2.53. The molecule has 2 aromatic carbocycles. The number of phenols is 1. The van der Waals surface area contributed by atoms with E-state index in [2.05, 4.69) is 24.1 Å². The average molecular weight is 333 g/mol. The molecule has 1 saturated heterocycles. The smallest absolute Gasteiger partial charge is 0.161 e. The van der Waals surface area contributed by atoms with Crippen molar-refractivity contribution in [1.82, 2.24) is 4.90 Å². The van der Waals surface area contributed by atoms with Crippen molar-refractivity contribution in [2.75, 3.05) is 13.6 Å². The Morgan fingerprint density at radius 3 is 2.72 bits per heavy atom. The molecule has 0 aromatic heterocycles. The van der Waals surface area contributed by atoms with E-state index in [1.165, 1.54) is 0 Å². The fraction of sp³-hybridized carbons (Fsp3) is 0.318. The number of ketones is 1. The van der Waals surface area contributed by atoms with E-state index < -0.39 is 0 Å². The normalized spacial score (nSPS) is 28.3. The van der Waals surface area contributed by atoms with Gasteiger partial charge in [-0.25, -0.2) is 0 Å². The number of aromatic hydroxyl groups is 1. The number of carbonyl (C=O) groups is 1. The highest BCUT2D eigenvalue weighted by Crippen LogP contribution is 2.47. The first-order valence-corrected chi connectivity index (χ1v) is 8.87. The van der Waals surface area contributed by atoms with Gasteiger partial charge in [0.2, 0.25) is 0 Å². The molecule has 1 heterocycles. The first-order chi connectivity index (χ1) is 12.1. The SMILES string of the molecule is CN1CC[C@@]2(c3cccc(O)c3)CC(=O)/C(=C/c3ccccc3)[C@H]1C2. The van der Waals surface area contributed by atoms with Crippen LogP contribution in [0.1, 0.15) is 30.4 Å². The van der Waals surface area contributed by atoms with Crippen molar-refractivity contribution >= 4 is 11.9 Å². The van der Waals surface area contributed by atoms with Crippen molar-refractivity contribution in [3.05, 3.63) is 71.3 Å². The van der Waals surface area contributed by atoms with Crippen molar-refractivity contribution in [3.63, 3.8) is 0 Å². The highest BCUT2D eigenvalue weighted by Gasteiger charge is 2.48. The van der Waals surface area contributed by atoms with Gasteiger partial charge in [0.15, 0.2) is 5.78 Å². The third-order valence-corrected chi connectivity index (χ3v) is 5.82. The summed E-state index contributed by atoms with van der Waals surface area (Å²) in [5.41, 5.74) is 2.94. The molecule has 4 rings (SSSR count). The van der Waals surface area contributed by atoms with Crippen LogP contribution in [-0.4, -0.2) is 35.4 Å². The molecule has 1 N–H and O–H groups in total. The number of Topliss-reactive ketones (excluding diaryl/α,β-unsaturated/α-hetero) is 1. The predicted octanol–water partition coefficient (Wildman–Crippen LogP) is 3.78. The van der Waals surface area contributed by atoms with E-state index in [1.54, 1.807) is 6.07 Å². The van der Waals surface area contributed by atoms with Crippen LogP contribution >= 0.6 is 0 Å². The Balaban J connectivity index is 1.74. The molecule has 3 heteroatoms. The molecule has 2 atom stereocenters. The molecule has 25 heavy (non-hydrogen) atoms. The summed E-state index contributed by atoms with van der Waals surface area (Å²) >= 11 is 0. The first kappa shape index (κ1) is 16.1. The van der Waals surface area contributed by atoms with E-state index in [0.717, 1.165) is 36.1 Å². The summed E-state index contributed by atoms with van der Waals surface area (Å²) in [6, 6.07) is 17.7. The molecular formula is C22H23NO2. The molecule has 1 aliphatic carbocycles. The summed E-state index contributed by atoms with van der Waals surface area (Å²) in [6.45, 7) is 0.958. The van der Waals surface area contributed by atoms with Gasteiger partial charge < -0.3 is 5.11 Å². The van der Waals surface area contributed by atoms with Crippen LogP contribution in [-0.2, 0) is 10.2 Å². The highest BCUT2D eigenvalue weighted by molar-refractivity contribution is 6.02. The second-order valence-corrected chi connectivity index (χ2v) is 7.39. The van der Waals surface area contributed by atoms with Crippen LogP contribution in [0.5, 0.6) is 5.75 Å². The Morgan fingerprint density at radius 1 is 1.16 bits per heavy atom. The van der Waals surface area contributed by atoms with E-state index in [1.807, 2.05) is 42.5 Å². The molecule has 2 fully saturated rings. The standard InChI is InChI=1S/C22H23NO2/c1-23-11-10-22(17-8-5-9-18(24)13-17)14-20(23)19(21(25)15-22)12-16-6-3-2-4-7-16/h2-9,12-13,20,24H,10-11,14-15H2,1H3/b19-12+/t20-,22+/m1/s1. The van der Waals surface area contributed by atoms with E-state index in [-0.39, 0.29) is 23.0 Å². The van der Waals surface area contributed by atoms with Gasteiger partial charge >= 0.3 is 0 Å². The van der Waals surface area contributed by atoms with Gasteiger partial charge in [0, 0.05) is 23.5 Å². The number of fused-ring (bicyclic) bond motifs is 2. The zero-order valence-electron chi connectivity index (χ0n) is 14.5. The van der Waals surface area contributed by atoms with Crippen molar-refractivity contribution in [2.45, 2.75) is 30.7 Å². The Morgan fingerprint density at radius 2 is 1.96 bits per heavy atom. The summed E-state index contributed by atoms with van der Waals surface area (Å²) in [5.74, 6) is 0.510. The number of hydrogen-bond acceptors (Lipinski definition) is 3. The summed E-state index contributed by atoms with van der Waals surface area (Å²) in [4.78, 5) is 15.4. The molecule has 2 bridgehead atoms. The van der Waals surface area contributed by atoms with Crippen LogP contribution in [0.3, 0.4) is 0 Å². The Bertz CT molecular complexity index is 827. The summed E-state index contributed by atoms with van der Waals surface area (Å²) < 4.78 is 0. The predicted molar refractivity (Wildman–Crippen MR) is 99.5 cm³/mol. The summed E-state index contributed by atoms with van der Waals surface area (Å²) in [5, 5.41) is 9.90. The third kappa shape index (κ3) is 2.89. The van der Waals surface area contributed by atoms with Gasteiger partial charge in [0.05, 0.1) is 0 Å². The molecule has 0 radical (unpaired) electrons. The second-order valence-electron chi connectivity index (χ2n) is 7.39. The maximum absolute atomic E-state index is 13.1. The molecule has 2 aromatic rings. The lowest BCUT2D eigenvalue weighted by molar-refractivity contribution is -0.120. The molecule has 3 nitrogen and oxygen atoms in total. The van der Waals surface area contributed by atoms with Crippen LogP contribution in [0, 0.1) is 0 Å². The summed E-state index contributed by atoms with van der Waals surface area (Å²) in [7, 11) is 2.11. The van der Waals surface area contributed by atoms with Gasteiger partial charge in [0.1, 0.15) is 5.75 Å².